The zero-order chi connectivity index (χ0) is 23.3. The first-order valence-corrected chi connectivity index (χ1v) is 10.2. The fourth-order valence-corrected chi connectivity index (χ4v) is 3.38. The van der Waals surface area contributed by atoms with Crippen LogP contribution in [0, 0.1) is 10.1 Å². The normalized spacial score (nSPS) is 13.5. The lowest BCUT2D eigenvalue weighted by Gasteiger charge is -2.34. The molecular weight excluding hydrogens is 442 g/mol. The Hall–Kier alpha value is -3.53. The third-order valence-electron chi connectivity index (χ3n) is 4.84. The second-order valence-corrected chi connectivity index (χ2v) is 7.25. The van der Waals surface area contributed by atoms with Crippen molar-refractivity contribution >= 4 is 29.3 Å². The lowest BCUT2D eigenvalue weighted by Crippen LogP contribution is -2.50. The molecule has 1 aliphatic heterocycles. The van der Waals surface area contributed by atoms with Gasteiger partial charge in [0.15, 0.2) is 11.5 Å². The first-order chi connectivity index (χ1) is 15.3. The predicted molar refractivity (Wildman–Crippen MR) is 116 cm³/mol. The van der Waals surface area contributed by atoms with Crippen LogP contribution >= 0.6 is 11.6 Å². The van der Waals surface area contributed by atoms with E-state index in [0.717, 1.165) is 0 Å². The van der Waals surface area contributed by atoms with E-state index in [4.69, 9.17) is 25.8 Å². The van der Waals surface area contributed by atoms with E-state index in [9.17, 15) is 19.7 Å². The lowest BCUT2D eigenvalue weighted by atomic mass is 10.1. The SMILES string of the molecule is CCOC(=O)N1CCN(C(=O)c2ccc(Oc3ccc(Cl)cc3[N+](=O)[O-])c(OC)c2)CC1. The van der Waals surface area contributed by atoms with Gasteiger partial charge < -0.3 is 24.0 Å². The van der Waals surface area contributed by atoms with Gasteiger partial charge in [-0.1, -0.05) is 11.6 Å². The summed E-state index contributed by atoms with van der Waals surface area (Å²) in [6.45, 7) is 3.53. The van der Waals surface area contributed by atoms with Crippen LogP contribution in [0.1, 0.15) is 17.3 Å². The highest BCUT2D eigenvalue weighted by Crippen LogP contribution is 2.38. The van der Waals surface area contributed by atoms with Crippen molar-refractivity contribution in [1.29, 1.82) is 0 Å². The molecule has 10 nitrogen and oxygen atoms in total. The summed E-state index contributed by atoms with van der Waals surface area (Å²) < 4.78 is 16.0. The summed E-state index contributed by atoms with van der Waals surface area (Å²) >= 11 is 5.84. The van der Waals surface area contributed by atoms with Gasteiger partial charge in [-0.25, -0.2) is 4.79 Å². The van der Waals surface area contributed by atoms with E-state index >= 15 is 0 Å². The molecule has 11 heteroatoms. The van der Waals surface area contributed by atoms with E-state index in [-0.39, 0.29) is 40.0 Å². The quantitative estimate of drug-likeness (QED) is 0.470. The molecule has 2 amide bonds. The molecule has 0 N–H and O–H groups in total. The summed E-state index contributed by atoms with van der Waals surface area (Å²) in [5.41, 5.74) is 0.0727. The van der Waals surface area contributed by atoms with Gasteiger partial charge >= 0.3 is 11.8 Å². The van der Waals surface area contributed by atoms with E-state index < -0.39 is 4.92 Å². The Balaban J connectivity index is 1.74. The second-order valence-electron chi connectivity index (χ2n) is 6.82. The van der Waals surface area contributed by atoms with Crippen LogP contribution in [-0.4, -0.2) is 66.6 Å². The largest absolute Gasteiger partial charge is 0.493 e. The van der Waals surface area contributed by atoms with E-state index in [2.05, 4.69) is 0 Å². The highest BCUT2D eigenvalue weighted by Gasteiger charge is 2.26. The van der Waals surface area contributed by atoms with Gasteiger partial charge in [0.25, 0.3) is 5.91 Å². The Morgan fingerprint density at radius 3 is 2.31 bits per heavy atom. The van der Waals surface area contributed by atoms with Crippen molar-refractivity contribution in [2.75, 3.05) is 39.9 Å². The molecule has 170 valence electrons. The average Bonchev–Trinajstić information content (AvgIpc) is 2.80. The van der Waals surface area contributed by atoms with Crippen molar-refractivity contribution in [3.63, 3.8) is 0 Å². The van der Waals surface area contributed by atoms with Crippen molar-refractivity contribution in [2.45, 2.75) is 6.92 Å². The molecule has 0 bridgehead atoms. The molecule has 0 spiro atoms. The van der Waals surface area contributed by atoms with E-state index in [1.807, 2.05) is 0 Å². The van der Waals surface area contributed by atoms with Gasteiger partial charge in [0, 0.05) is 42.8 Å². The maximum absolute atomic E-state index is 12.9. The van der Waals surface area contributed by atoms with Crippen LogP contribution in [0.15, 0.2) is 36.4 Å². The number of ether oxygens (including phenoxy) is 3. The van der Waals surface area contributed by atoms with Gasteiger partial charge in [0.05, 0.1) is 18.6 Å². The zero-order valence-corrected chi connectivity index (χ0v) is 18.3. The topological polar surface area (TPSA) is 111 Å². The third-order valence-corrected chi connectivity index (χ3v) is 5.08. The number of methoxy groups -OCH3 is 1. The van der Waals surface area contributed by atoms with Crippen molar-refractivity contribution < 1.29 is 28.7 Å². The van der Waals surface area contributed by atoms with Gasteiger partial charge in [-0.05, 0) is 37.3 Å². The van der Waals surface area contributed by atoms with Crippen LogP contribution in [0.4, 0.5) is 10.5 Å². The first-order valence-electron chi connectivity index (χ1n) is 9.84. The molecule has 3 rings (SSSR count). The average molecular weight is 464 g/mol. The molecule has 0 unspecified atom stereocenters. The van der Waals surface area contributed by atoms with Crippen LogP contribution in [0.3, 0.4) is 0 Å². The smallest absolute Gasteiger partial charge is 0.409 e. The minimum atomic E-state index is -0.596. The molecule has 2 aromatic carbocycles. The standard InChI is InChI=1S/C21H22ClN3O7/c1-3-31-21(27)24-10-8-23(9-11-24)20(26)14-4-6-18(19(12-14)30-2)32-17-7-5-15(22)13-16(17)25(28)29/h4-7,12-13H,3,8-11H2,1-2H3. The molecule has 0 atom stereocenters. The second kappa shape index (κ2) is 10.2. The highest BCUT2D eigenvalue weighted by molar-refractivity contribution is 6.30. The van der Waals surface area contributed by atoms with Crippen LogP contribution in [0.5, 0.6) is 17.2 Å². The highest BCUT2D eigenvalue weighted by atomic mass is 35.5. The van der Waals surface area contributed by atoms with Gasteiger partial charge in [-0.3, -0.25) is 14.9 Å². The molecular formula is C21H22ClN3O7. The van der Waals surface area contributed by atoms with Gasteiger partial charge in [-0.2, -0.15) is 0 Å². The van der Waals surface area contributed by atoms with Gasteiger partial charge in [0.2, 0.25) is 5.75 Å². The fourth-order valence-electron chi connectivity index (χ4n) is 3.21. The maximum atomic E-state index is 12.9. The molecule has 1 aliphatic rings. The zero-order valence-electron chi connectivity index (χ0n) is 17.6. The number of benzene rings is 2. The summed E-state index contributed by atoms with van der Waals surface area (Å²) in [5.74, 6) is 0.217. The van der Waals surface area contributed by atoms with E-state index in [1.165, 1.54) is 37.4 Å². The first kappa shape index (κ1) is 23.1. The molecule has 0 aromatic heterocycles. The number of halogens is 1. The summed E-state index contributed by atoms with van der Waals surface area (Å²) in [4.78, 5) is 38.6. The molecule has 1 fully saturated rings. The number of amides is 2. The monoisotopic (exact) mass is 463 g/mol. The van der Waals surface area contributed by atoms with Crippen molar-refractivity contribution in [3.8, 4) is 17.2 Å². The molecule has 0 saturated carbocycles. The minimum Gasteiger partial charge on any atom is -0.493 e. The molecule has 1 saturated heterocycles. The van der Waals surface area contributed by atoms with Gasteiger partial charge in [-0.15, -0.1) is 0 Å². The van der Waals surface area contributed by atoms with Crippen LogP contribution in [0.25, 0.3) is 0 Å². The fraction of sp³-hybridized carbons (Fsp3) is 0.333. The third kappa shape index (κ3) is 5.20. The number of rotatable bonds is 6. The maximum Gasteiger partial charge on any atom is 0.409 e. The van der Waals surface area contributed by atoms with Crippen molar-refractivity contribution in [1.82, 2.24) is 9.80 Å². The lowest BCUT2D eigenvalue weighted by molar-refractivity contribution is -0.385. The number of carbonyl (C=O) groups excluding carboxylic acids is 2. The Kier molecular flexibility index (Phi) is 7.37. The number of hydrogen-bond acceptors (Lipinski definition) is 7. The molecule has 0 aliphatic carbocycles. The van der Waals surface area contributed by atoms with Crippen LogP contribution in [0.2, 0.25) is 5.02 Å². The molecule has 0 radical (unpaired) electrons. The molecule has 2 aromatic rings. The van der Waals surface area contributed by atoms with Gasteiger partial charge in [0.1, 0.15) is 0 Å². The number of nitrogens with zero attached hydrogens (tertiary/aromatic N) is 3. The van der Waals surface area contributed by atoms with Crippen LogP contribution in [-0.2, 0) is 4.74 Å². The van der Waals surface area contributed by atoms with Crippen molar-refractivity contribution in [2.24, 2.45) is 0 Å². The van der Waals surface area contributed by atoms with E-state index in [1.54, 1.807) is 22.8 Å². The minimum absolute atomic E-state index is 0.00753. The summed E-state index contributed by atoms with van der Waals surface area (Å²) in [7, 11) is 1.41. The molecule has 32 heavy (non-hydrogen) atoms. The number of carbonyl (C=O) groups is 2. The van der Waals surface area contributed by atoms with E-state index in [0.29, 0.717) is 38.3 Å². The number of hydrogen-bond donors (Lipinski definition) is 0. The number of nitro benzene ring substituents is 1. The number of piperazine rings is 1. The molecule has 1 heterocycles. The number of nitro groups is 1. The Morgan fingerprint density at radius 2 is 1.69 bits per heavy atom. The summed E-state index contributed by atoms with van der Waals surface area (Å²) in [6.07, 6.45) is -0.390. The summed E-state index contributed by atoms with van der Waals surface area (Å²) in [6, 6.07) is 8.64. The van der Waals surface area contributed by atoms with Crippen LogP contribution < -0.4 is 9.47 Å². The Bertz CT molecular complexity index is 1020. The van der Waals surface area contributed by atoms with Crippen molar-refractivity contribution in [3.05, 3.63) is 57.1 Å². The summed E-state index contributed by atoms with van der Waals surface area (Å²) in [5, 5.41) is 11.5. The predicted octanol–water partition coefficient (Wildman–Crippen LogP) is 3.96. The Labute approximate surface area is 189 Å². The Morgan fingerprint density at radius 1 is 1.03 bits per heavy atom.